The minimum absolute atomic E-state index is 0.330. The Morgan fingerprint density at radius 2 is 1.88 bits per heavy atom. The van der Waals surface area contributed by atoms with Crippen molar-refractivity contribution >= 4 is 17.6 Å². The summed E-state index contributed by atoms with van der Waals surface area (Å²) < 4.78 is 33.4. The van der Waals surface area contributed by atoms with E-state index >= 15 is 0 Å². The maximum absolute atomic E-state index is 13.5. The van der Waals surface area contributed by atoms with Gasteiger partial charge in [0.05, 0.1) is 24.9 Å². The van der Waals surface area contributed by atoms with Crippen molar-refractivity contribution in [3.63, 3.8) is 0 Å². The Morgan fingerprint density at radius 1 is 1.06 bits per heavy atom. The topological polar surface area (TPSA) is 71.3 Å². The first-order valence-corrected chi connectivity index (χ1v) is 10.8. The van der Waals surface area contributed by atoms with E-state index in [1.165, 1.54) is 17.1 Å². The number of hydrogen-bond acceptors (Lipinski definition) is 7. The van der Waals surface area contributed by atoms with Crippen LogP contribution in [0.5, 0.6) is 0 Å². The Labute approximate surface area is 184 Å². The van der Waals surface area contributed by atoms with Crippen LogP contribution in [0.2, 0.25) is 0 Å². The highest BCUT2D eigenvalue weighted by Crippen LogP contribution is 2.23. The molecule has 0 atom stereocenters. The van der Waals surface area contributed by atoms with Gasteiger partial charge in [-0.05, 0) is 36.2 Å². The van der Waals surface area contributed by atoms with Crippen molar-refractivity contribution in [1.82, 2.24) is 24.6 Å². The molecule has 0 amide bonds. The van der Waals surface area contributed by atoms with Gasteiger partial charge in [0.2, 0.25) is 5.95 Å². The first-order valence-electron chi connectivity index (χ1n) is 10.8. The summed E-state index contributed by atoms with van der Waals surface area (Å²) in [6.07, 6.45) is 2.32. The molecule has 0 saturated carbocycles. The minimum Gasteiger partial charge on any atom is -0.378 e. The summed E-state index contributed by atoms with van der Waals surface area (Å²) >= 11 is 0. The first-order chi connectivity index (χ1) is 15.6. The van der Waals surface area contributed by atoms with E-state index in [1.54, 1.807) is 0 Å². The molecule has 168 valence electrons. The van der Waals surface area contributed by atoms with Gasteiger partial charge in [0.15, 0.2) is 11.6 Å². The molecule has 5 rings (SSSR count). The summed E-state index contributed by atoms with van der Waals surface area (Å²) in [5.41, 5.74) is 1.54. The van der Waals surface area contributed by atoms with Gasteiger partial charge in [0.25, 0.3) is 0 Å². The smallest absolute Gasteiger partial charge is 0.248 e. The second-order valence-electron chi connectivity index (χ2n) is 8.02. The Hall–Kier alpha value is -3.11. The molecule has 1 aromatic carbocycles. The van der Waals surface area contributed by atoms with Gasteiger partial charge in [-0.1, -0.05) is 6.92 Å². The van der Waals surface area contributed by atoms with Gasteiger partial charge < -0.3 is 15.0 Å². The fraction of sp³-hybridized carbons (Fsp3) is 0.409. The van der Waals surface area contributed by atoms with Crippen LogP contribution in [0.4, 0.5) is 26.4 Å². The molecule has 2 aliphatic heterocycles. The summed E-state index contributed by atoms with van der Waals surface area (Å²) in [7, 11) is 0. The van der Waals surface area contributed by atoms with Crippen LogP contribution in [0.3, 0.4) is 0 Å². The number of nitrogens with one attached hydrogen (secondary N) is 1. The zero-order valence-electron chi connectivity index (χ0n) is 17.8. The van der Waals surface area contributed by atoms with Crippen LogP contribution in [0.1, 0.15) is 12.5 Å². The number of pyridine rings is 1. The number of ether oxygens (including phenoxy) is 1. The molecule has 10 heteroatoms. The van der Waals surface area contributed by atoms with Crippen molar-refractivity contribution in [2.45, 2.75) is 19.4 Å². The lowest BCUT2D eigenvalue weighted by molar-refractivity contribution is -0.0660. The van der Waals surface area contributed by atoms with Crippen LogP contribution in [0.25, 0.3) is 5.69 Å². The summed E-state index contributed by atoms with van der Waals surface area (Å²) in [6.45, 7) is 7.60. The number of rotatable bonds is 6. The Kier molecular flexibility index (Phi) is 5.71. The van der Waals surface area contributed by atoms with Crippen LogP contribution in [0, 0.1) is 11.6 Å². The van der Waals surface area contributed by atoms with Crippen LogP contribution >= 0.6 is 0 Å². The van der Waals surface area contributed by atoms with E-state index in [0.717, 1.165) is 69.3 Å². The van der Waals surface area contributed by atoms with Gasteiger partial charge in [-0.25, -0.2) is 18.4 Å². The molecule has 0 spiro atoms. The maximum atomic E-state index is 13.5. The largest absolute Gasteiger partial charge is 0.378 e. The third-order valence-corrected chi connectivity index (χ3v) is 5.95. The number of halogens is 2. The molecule has 3 aromatic rings. The van der Waals surface area contributed by atoms with Crippen molar-refractivity contribution in [1.29, 1.82) is 0 Å². The van der Waals surface area contributed by atoms with Gasteiger partial charge in [-0.15, -0.1) is 5.10 Å². The van der Waals surface area contributed by atoms with E-state index in [4.69, 9.17) is 9.72 Å². The van der Waals surface area contributed by atoms with Crippen LogP contribution < -0.4 is 10.2 Å². The fourth-order valence-corrected chi connectivity index (χ4v) is 3.94. The summed E-state index contributed by atoms with van der Waals surface area (Å²) in [4.78, 5) is 13.8. The van der Waals surface area contributed by atoms with Crippen molar-refractivity contribution in [2.75, 3.05) is 49.6 Å². The van der Waals surface area contributed by atoms with E-state index in [2.05, 4.69) is 38.2 Å². The first kappa shape index (κ1) is 20.8. The van der Waals surface area contributed by atoms with Gasteiger partial charge in [0.1, 0.15) is 18.0 Å². The van der Waals surface area contributed by atoms with Crippen molar-refractivity contribution in [2.24, 2.45) is 0 Å². The van der Waals surface area contributed by atoms with Gasteiger partial charge in [-0.3, -0.25) is 4.90 Å². The van der Waals surface area contributed by atoms with Gasteiger partial charge in [-0.2, -0.15) is 4.98 Å². The number of hydrogen-bond donors (Lipinski definition) is 1. The normalized spacial score (nSPS) is 17.4. The number of benzene rings is 1. The Balaban J connectivity index is 1.31. The molecular formula is C22H25F2N7O. The zero-order chi connectivity index (χ0) is 22.1. The zero-order valence-corrected chi connectivity index (χ0v) is 17.8. The van der Waals surface area contributed by atoms with Gasteiger partial charge >= 0.3 is 0 Å². The SMILES string of the molecule is CCc1cc(Nc2ncn(-c3ccc(F)c(F)c3)n2)nc(N2CCN(C3COC3)CC2)c1. The molecular weight excluding hydrogens is 416 g/mol. The van der Waals surface area contributed by atoms with Crippen molar-refractivity contribution in [3.05, 3.63) is 53.9 Å². The second-order valence-corrected chi connectivity index (χ2v) is 8.02. The molecule has 32 heavy (non-hydrogen) atoms. The molecule has 2 aromatic heterocycles. The summed E-state index contributed by atoms with van der Waals surface area (Å²) in [5.74, 6) is 0.0754. The molecule has 8 nitrogen and oxygen atoms in total. The molecule has 0 radical (unpaired) electrons. The molecule has 2 saturated heterocycles. The highest BCUT2D eigenvalue weighted by atomic mass is 19.2. The average Bonchev–Trinajstić information content (AvgIpc) is 3.23. The van der Waals surface area contributed by atoms with Crippen LogP contribution in [0.15, 0.2) is 36.7 Å². The lowest BCUT2D eigenvalue weighted by Gasteiger charge is -2.43. The number of anilines is 3. The number of aromatic nitrogens is 4. The molecule has 2 aliphatic rings. The second kappa shape index (κ2) is 8.79. The van der Waals surface area contributed by atoms with E-state index in [0.29, 0.717) is 23.5 Å². The average molecular weight is 441 g/mol. The summed E-state index contributed by atoms with van der Waals surface area (Å²) in [5, 5.41) is 7.47. The van der Waals surface area contributed by atoms with Gasteiger partial charge in [0, 0.05) is 32.2 Å². The maximum Gasteiger partial charge on any atom is 0.248 e. The van der Waals surface area contributed by atoms with Crippen LogP contribution in [-0.4, -0.2) is 70.1 Å². The predicted octanol–water partition coefficient (Wildman–Crippen LogP) is 2.77. The molecule has 0 unspecified atom stereocenters. The molecule has 0 bridgehead atoms. The minimum atomic E-state index is -0.931. The van der Waals surface area contributed by atoms with Crippen molar-refractivity contribution in [3.8, 4) is 5.69 Å². The predicted molar refractivity (Wildman–Crippen MR) is 117 cm³/mol. The van der Waals surface area contributed by atoms with E-state index in [9.17, 15) is 8.78 Å². The number of piperazine rings is 1. The highest BCUT2D eigenvalue weighted by Gasteiger charge is 2.29. The Morgan fingerprint density at radius 3 is 2.56 bits per heavy atom. The number of aryl methyl sites for hydroxylation is 1. The lowest BCUT2D eigenvalue weighted by Crippen LogP contribution is -2.56. The number of nitrogens with zero attached hydrogens (tertiary/aromatic N) is 6. The van der Waals surface area contributed by atoms with Crippen molar-refractivity contribution < 1.29 is 13.5 Å². The molecule has 2 fully saturated rings. The molecule has 4 heterocycles. The summed E-state index contributed by atoms with van der Waals surface area (Å²) in [6, 6.07) is 8.25. The fourth-order valence-electron chi connectivity index (χ4n) is 3.94. The van der Waals surface area contributed by atoms with Crippen LogP contribution in [-0.2, 0) is 11.2 Å². The third-order valence-electron chi connectivity index (χ3n) is 5.95. The van der Waals surface area contributed by atoms with E-state index in [1.807, 2.05) is 6.07 Å². The van der Waals surface area contributed by atoms with E-state index < -0.39 is 11.6 Å². The monoisotopic (exact) mass is 441 g/mol. The lowest BCUT2D eigenvalue weighted by atomic mass is 10.1. The standard InChI is InChI=1S/C22H25F2N7O/c1-2-15-9-20(26-21(10-15)30-7-5-29(6-8-30)17-12-32-13-17)27-22-25-14-31(28-22)16-3-4-18(23)19(24)11-16/h3-4,9-11,14,17H,2,5-8,12-13H2,1H3,(H,26,27,28). The molecule has 0 aliphatic carbocycles. The Bertz CT molecular complexity index is 1090. The third kappa shape index (κ3) is 4.28. The quantitative estimate of drug-likeness (QED) is 0.631. The highest BCUT2D eigenvalue weighted by molar-refractivity contribution is 5.55. The van der Waals surface area contributed by atoms with E-state index in [-0.39, 0.29) is 0 Å². The molecule has 1 N–H and O–H groups in total.